The first-order chi connectivity index (χ1) is 10.6. The quantitative estimate of drug-likeness (QED) is 0.851. The molecule has 0 atom stereocenters. The molecule has 3 rings (SSSR count). The van der Waals surface area contributed by atoms with Crippen molar-refractivity contribution in [3.63, 3.8) is 0 Å². The van der Waals surface area contributed by atoms with Crippen LogP contribution in [0.3, 0.4) is 0 Å². The first-order valence-corrected chi connectivity index (χ1v) is 7.54. The average Bonchev–Trinajstić information content (AvgIpc) is 2.84. The Labute approximate surface area is 132 Å². The maximum atomic E-state index is 12.9. The van der Waals surface area contributed by atoms with Gasteiger partial charge in [-0.3, -0.25) is 4.79 Å². The van der Waals surface area contributed by atoms with Crippen LogP contribution < -0.4 is 5.32 Å². The van der Waals surface area contributed by atoms with Gasteiger partial charge in [-0.2, -0.15) is 0 Å². The maximum Gasteiger partial charge on any atom is 0.264 e. The molecule has 110 valence electrons. The summed E-state index contributed by atoms with van der Waals surface area (Å²) >= 11 is 1.27. The molecule has 0 saturated carbocycles. The van der Waals surface area contributed by atoms with Crippen LogP contribution in [0.2, 0.25) is 0 Å². The topological polar surface area (TPSA) is 41.5 Å². The predicted octanol–water partition coefficient (Wildman–Crippen LogP) is 4.03. The number of hydrogen-bond donors (Lipinski definition) is 1. The van der Waals surface area contributed by atoms with Crippen molar-refractivity contribution in [2.45, 2.75) is 6.92 Å². The van der Waals surface area contributed by atoms with Gasteiger partial charge in [0.15, 0.2) is 5.17 Å². The van der Waals surface area contributed by atoms with Gasteiger partial charge in [-0.25, -0.2) is 9.38 Å². The highest BCUT2D eigenvalue weighted by Crippen LogP contribution is 2.28. The molecule has 1 fully saturated rings. The third-order valence-corrected chi connectivity index (χ3v) is 3.99. The van der Waals surface area contributed by atoms with Crippen molar-refractivity contribution in [3.05, 3.63) is 70.4 Å². The minimum Gasteiger partial charge on any atom is -0.300 e. The molecule has 1 aliphatic rings. The van der Waals surface area contributed by atoms with E-state index in [0.29, 0.717) is 15.8 Å². The van der Waals surface area contributed by atoms with E-state index in [1.165, 1.54) is 29.5 Å². The molecule has 0 bridgehead atoms. The Morgan fingerprint density at radius 2 is 1.77 bits per heavy atom. The summed E-state index contributed by atoms with van der Waals surface area (Å²) in [5, 5.41) is 3.21. The predicted molar refractivity (Wildman–Crippen MR) is 88.4 cm³/mol. The molecule has 5 heteroatoms. The Kier molecular flexibility index (Phi) is 4.06. The molecule has 2 aromatic carbocycles. The molecule has 22 heavy (non-hydrogen) atoms. The monoisotopic (exact) mass is 312 g/mol. The second kappa shape index (κ2) is 6.15. The van der Waals surface area contributed by atoms with Crippen LogP contribution in [0.5, 0.6) is 0 Å². The minimum atomic E-state index is -0.313. The molecule has 0 radical (unpaired) electrons. The Morgan fingerprint density at radius 3 is 2.45 bits per heavy atom. The van der Waals surface area contributed by atoms with Gasteiger partial charge in [0.05, 0.1) is 10.6 Å². The molecule has 0 aromatic heterocycles. The number of aliphatic imine (C=N–C) groups is 1. The number of amidine groups is 1. The van der Waals surface area contributed by atoms with Crippen molar-refractivity contribution >= 4 is 34.6 Å². The molecular weight excluding hydrogens is 299 g/mol. The van der Waals surface area contributed by atoms with Gasteiger partial charge < -0.3 is 5.32 Å². The number of amides is 1. The molecule has 1 aliphatic heterocycles. The number of carbonyl (C=O) groups excluding carboxylic acids is 1. The van der Waals surface area contributed by atoms with Crippen LogP contribution in [0, 0.1) is 12.7 Å². The van der Waals surface area contributed by atoms with Crippen molar-refractivity contribution in [3.8, 4) is 0 Å². The molecule has 1 N–H and O–H groups in total. The Hall–Kier alpha value is -2.40. The van der Waals surface area contributed by atoms with Gasteiger partial charge in [0, 0.05) is 0 Å². The van der Waals surface area contributed by atoms with Crippen LogP contribution in [0.25, 0.3) is 6.08 Å². The number of halogens is 1. The summed E-state index contributed by atoms with van der Waals surface area (Å²) in [5.74, 6) is -0.488. The van der Waals surface area contributed by atoms with E-state index in [1.807, 2.05) is 37.3 Å². The summed E-state index contributed by atoms with van der Waals surface area (Å²) in [4.78, 5) is 16.8. The maximum absolute atomic E-state index is 12.9. The highest BCUT2D eigenvalue weighted by atomic mass is 32.2. The molecule has 2 aromatic rings. The van der Waals surface area contributed by atoms with E-state index in [2.05, 4.69) is 10.3 Å². The fourth-order valence-electron chi connectivity index (χ4n) is 1.93. The summed E-state index contributed by atoms with van der Waals surface area (Å²) in [6, 6.07) is 13.7. The molecule has 3 nitrogen and oxygen atoms in total. The van der Waals surface area contributed by atoms with Crippen LogP contribution in [-0.2, 0) is 4.79 Å². The highest BCUT2D eigenvalue weighted by Gasteiger charge is 2.23. The van der Waals surface area contributed by atoms with Gasteiger partial charge in [0.25, 0.3) is 5.91 Å². The lowest BCUT2D eigenvalue weighted by atomic mass is 10.1. The van der Waals surface area contributed by atoms with E-state index < -0.39 is 0 Å². The number of hydrogen-bond acceptors (Lipinski definition) is 3. The molecule has 1 amide bonds. The Morgan fingerprint density at radius 1 is 1.09 bits per heavy atom. The van der Waals surface area contributed by atoms with Crippen molar-refractivity contribution in [2.75, 3.05) is 0 Å². The van der Waals surface area contributed by atoms with Crippen LogP contribution in [-0.4, -0.2) is 11.1 Å². The van der Waals surface area contributed by atoms with Gasteiger partial charge in [0.2, 0.25) is 0 Å². The van der Waals surface area contributed by atoms with Crippen molar-refractivity contribution in [1.29, 1.82) is 0 Å². The van der Waals surface area contributed by atoms with E-state index >= 15 is 0 Å². The lowest BCUT2D eigenvalue weighted by molar-refractivity contribution is -0.115. The number of benzene rings is 2. The fourth-order valence-corrected chi connectivity index (χ4v) is 2.77. The van der Waals surface area contributed by atoms with E-state index in [0.717, 1.165) is 5.56 Å². The summed E-state index contributed by atoms with van der Waals surface area (Å²) in [7, 11) is 0. The Balaban J connectivity index is 1.80. The minimum absolute atomic E-state index is 0.175. The number of rotatable bonds is 2. The molecule has 1 saturated heterocycles. The van der Waals surface area contributed by atoms with Gasteiger partial charge >= 0.3 is 0 Å². The summed E-state index contributed by atoms with van der Waals surface area (Å²) in [6.07, 6.45) is 1.83. The van der Waals surface area contributed by atoms with Gasteiger partial charge in [-0.05, 0) is 54.6 Å². The lowest BCUT2D eigenvalue weighted by Crippen LogP contribution is -2.19. The smallest absolute Gasteiger partial charge is 0.264 e. The van der Waals surface area contributed by atoms with Crippen molar-refractivity contribution < 1.29 is 9.18 Å². The van der Waals surface area contributed by atoms with E-state index in [4.69, 9.17) is 0 Å². The average molecular weight is 312 g/mol. The van der Waals surface area contributed by atoms with E-state index in [-0.39, 0.29) is 11.7 Å². The Bertz CT molecular complexity index is 764. The third kappa shape index (κ3) is 3.43. The number of carbonyl (C=O) groups is 1. The zero-order chi connectivity index (χ0) is 15.5. The highest BCUT2D eigenvalue weighted by molar-refractivity contribution is 8.18. The first kappa shape index (κ1) is 14.5. The summed E-state index contributed by atoms with van der Waals surface area (Å²) in [6.45, 7) is 2.02. The lowest BCUT2D eigenvalue weighted by Gasteiger charge is -1.96. The molecule has 0 unspecified atom stereocenters. The second-order valence-electron chi connectivity index (χ2n) is 4.87. The van der Waals surface area contributed by atoms with E-state index in [9.17, 15) is 9.18 Å². The number of nitrogens with one attached hydrogen (secondary N) is 1. The zero-order valence-electron chi connectivity index (χ0n) is 11.8. The van der Waals surface area contributed by atoms with Crippen LogP contribution in [0.1, 0.15) is 11.1 Å². The number of aryl methyl sites for hydroxylation is 1. The van der Waals surface area contributed by atoms with Gasteiger partial charge in [0.1, 0.15) is 5.82 Å². The standard InChI is InChI=1S/C17H13FN2OS/c1-11-2-4-12(5-3-11)10-15-16(21)20-17(22-15)19-14-8-6-13(18)7-9-14/h2-10H,1H3,(H,19,20,21). The normalized spacial score (nSPS) is 18.0. The number of thioether (sulfide) groups is 1. The SMILES string of the molecule is Cc1ccc(C=C2SC(=Nc3ccc(F)cc3)NC2=O)cc1. The van der Waals surface area contributed by atoms with Crippen molar-refractivity contribution in [2.24, 2.45) is 4.99 Å². The summed E-state index contributed by atoms with van der Waals surface area (Å²) < 4.78 is 12.9. The van der Waals surface area contributed by atoms with E-state index in [1.54, 1.807) is 12.1 Å². The number of nitrogens with zero attached hydrogens (tertiary/aromatic N) is 1. The fraction of sp³-hybridized carbons (Fsp3) is 0.0588. The molecular formula is C17H13FN2OS. The first-order valence-electron chi connectivity index (χ1n) is 6.72. The third-order valence-electron chi connectivity index (χ3n) is 3.08. The van der Waals surface area contributed by atoms with Gasteiger partial charge in [-0.15, -0.1) is 0 Å². The van der Waals surface area contributed by atoms with Crippen molar-refractivity contribution in [1.82, 2.24) is 5.32 Å². The molecule has 0 spiro atoms. The van der Waals surface area contributed by atoms with Gasteiger partial charge in [-0.1, -0.05) is 29.8 Å². The zero-order valence-corrected chi connectivity index (χ0v) is 12.7. The van der Waals surface area contributed by atoms with Crippen LogP contribution in [0.15, 0.2) is 58.4 Å². The largest absolute Gasteiger partial charge is 0.300 e. The van der Waals surface area contributed by atoms with Crippen LogP contribution in [0.4, 0.5) is 10.1 Å². The molecule has 0 aliphatic carbocycles. The molecule has 1 heterocycles. The van der Waals surface area contributed by atoms with Crippen LogP contribution >= 0.6 is 11.8 Å². The second-order valence-corrected chi connectivity index (χ2v) is 5.90. The summed E-state index contributed by atoms with van der Waals surface area (Å²) in [5.41, 5.74) is 2.73.